The highest BCUT2D eigenvalue weighted by molar-refractivity contribution is 9.10. The number of aryl methyl sites for hydroxylation is 1. The molecule has 3 rings (SSSR count). The molecule has 122 valence electrons. The number of carbonyl (C=O) groups excluding carboxylic acids is 1. The average Bonchev–Trinajstić information content (AvgIpc) is 3.20. The summed E-state index contributed by atoms with van der Waals surface area (Å²) in [5.74, 6) is 0.641. The third kappa shape index (κ3) is 3.39. The quantitative estimate of drug-likeness (QED) is 0.618. The largest absolute Gasteiger partial charge is 0.454 e. The van der Waals surface area contributed by atoms with E-state index in [0.717, 1.165) is 11.4 Å². The van der Waals surface area contributed by atoms with Gasteiger partial charge in [0.1, 0.15) is 16.6 Å². The lowest BCUT2D eigenvalue weighted by molar-refractivity contribution is -0.112. The van der Waals surface area contributed by atoms with E-state index in [1.165, 1.54) is 17.4 Å². The molecular formula is C15H11BrN4O3S. The Morgan fingerprint density at radius 3 is 2.88 bits per heavy atom. The molecule has 9 heteroatoms. The van der Waals surface area contributed by atoms with Crippen LogP contribution in [-0.4, -0.2) is 22.9 Å². The first-order chi connectivity index (χ1) is 11.6. The van der Waals surface area contributed by atoms with Crippen molar-refractivity contribution in [2.24, 2.45) is 0 Å². The first-order valence-corrected chi connectivity index (χ1v) is 8.56. The molecule has 0 unspecified atom stereocenters. The summed E-state index contributed by atoms with van der Waals surface area (Å²) in [6, 6.07) is 5.34. The fourth-order valence-corrected chi connectivity index (χ4v) is 3.07. The fraction of sp³-hybridized carbons (Fsp3) is 0.200. The summed E-state index contributed by atoms with van der Waals surface area (Å²) < 4.78 is 11.3. The molecule has 0 aliphatic carbocycles. The van der Waals surface area contributed by atoms with Gasteiger partial charge in [0.05, 0.1) is 0 Å². The van der Waals surface area contributed by atoms with Gasteiger partial charge in [-0.2, -0.15) is 5.26 Å². The number of anilines is 1. The predicted octanol–water partition coefficient (Wildman–Crippen LogP) is 3.14. The molecule has 0 spiro atoms. The van der Waals surface area contributed by atoms with Crippen LogP contribution in [0.15, 0.2) is 22.2 Å². The summed E-state index contributed by atoms with van der Waals surface area (Å²) in [6.45, 7) is 2.10. The summed E-state index contributed by atoms with van der Waals surface area (Å²) in [7, 11) is 0. The van der Waals surface area contributed by atoms with Gasteiger partial charge >= 0.3 is 0 Å². The minimum atomic E-state index is -0.541. The summed E-state index contributed by atoms with van der Waals surface area (Å²) >= 11 is 4.67. The van der Waals surface area contributed by atoms with E-state index in [4.69, 9.17) is 9.47 Å². The zero-order chi connectivity index (χ0) is 17.1. The molecule has 1 N–H and O–H groups in total. The first-order valence-electron chi connectivity index (χ1n) is 6.95. The highest BCUT2D eigenvalue weighted by Gasteiger charge is 2.18. The molecule has 1 aromatic heterocycles. The number of nitrogens with zero attached hydrogens (tertiary/aromatic N) is 3. The number of benzene rings is 1. The van der Waals surface area contributed by atoms with E-state index in [1.54, 1.807) is 12.1 Å². The second-order valence-corrected chi connectivity index (χ2v) is 6.62. The van der Waals surface area contributed by atoms with Crippen molar-refractivity contribution in [3.8, 4) is 17.6 Å². The number of ether oxygens (including phenoxy) is 2. The Bertz CT molecular complexity index is 872. The summed E-state index contributed by atoms with van der Waals surface area (Å²) in [6.07, 6.45) is 2.21. The molecule has 0 fully saturated rings. The van der Waals surface area contributed by atoms with Gasteiger partial charge in [-0.1, -0.05) is 34.2 Å². The minimum absolute atomic E-state index is 0.0530. The third-order valence-corrected chi connectivity index (χ3v) is 4.82. The molecule has 2 aromatic rings. The van der Waals surface area contributed by atoms with E-state index in [1.807, 2.05) is 13.0 Å². The minimum Gasteiger partial charge on any atom is -0.454 e. The van der Waals surface area contributed by atoms with E-state index in [0.29, 0.717) is 26.7 Å². The van der Waals surface area contributed by atoms with E-state index in [2.05, 4.69) is 31.4 Å². The molecule has 1 amide bonds. The number of fused-ring (bicyclic) bond motifs is 1. The number of aromatic nitrogens is 2. The van der Waals surface area contributed by atoms with Crippen molar-refractivity contribution in [2.75, 3.05) is 12.1 Å². The highest BCUT2D eigenvalue weighted by atomic mass is 79.9. The van der Waals surface area contributed by atoms with Gasteiger partial charge in [0, 0.05) is 4.47 Å². The molecule has 24 heavy (non-hydrogen) atoms. The van der Waals surface area contributed by atoms with Crippen LogP contribution in [0.5, 0.6) is 11.5 Å². The monoisotopic (exact) mass is 406 g/mol. The molecule has 0 saturated carbocycles. The molecule has 1 aromatic carbocycles. The third-order valence-electron chi connectivity index (χ3n) is 3.15. The standard InChI is InChI=1S/C15H11BrN4O3S/c1-2-13-19-20-15(24-13)18-14(21)9(6-17)3-8-4-11-12(5-10(8)16)23-7-22-11/h3-5H,2,7H2,1H3,(H,18,20,21)/b9-3+. The number of nitriles is 1. The zero-order valence-electron chi connectivity index (χ0n) is 12.5. The summed E-state index contributed by atoms with van der Waals surface area (Å²) in [4.78, 5) is 12.3. The van der Waals surface area contributed by atoms with Crippen LogP contribution in [0.2, 0.25) is 0 Å². The van der Waals surface area contributed by atoms with Crippen molar-refractivity contribution in [3.63, 3.8) is 0 Å². The van der Waals surface area contributed by atoms with Crippen molar-refractivity contribution in [2.45, 2.75) is 13.3 Å². The van der Waals surface area contributed by atoms with Gasteiger partial charge < -0.3 is 9.47 Å². The number of hydrogen-bond acceptors (Lipinski definition) is 7. The maximum atomic E-state index is 12.3. The zero-order valence-corrected chi connectivity index (χ0v) is 14.9. The predicted molar refractivity (Wildman–Crippen MR) is 91.8 cm³/mol. The highest BCUT2D eigenvalue weighted by Crippen LogP contribution is 2.37. The van der Waals surface area contributed by atoms with Gasteiger partial charge in [0.15, 0.2) is 11.5 Å². The maximum absolute atomic E-state index is 12.3. The molecule has 1 aliphatic rings. The Labute approximate surface area is 150 Å². The first kappa shape index (κ1) is 16.4. The lowest BCUT2D eigenvalue weighted by atomic mass is 10.1. The molecule has 1 aliphatic heterocycles. The molecule has 0 atom stereocenters. The van der Waals surface area contributed by atoms with Crippen LogP contribution in [-0.2, 0) is 11.2 Å². The average molecular weight is 407 g/mol. The van der Waals surface area contributed by atoms with E-state index in [-0.39, 0.29) is 12.4 Å². The van der Waals surface area contributed by atoms with Gasteiger partial charge in [-0.3, -0.25) is 10.1 Å². The molecule has 0 radical (unpaired) electrons. The lowest BCUT2D eigenvalue weighted by Crippen LogP contribution is -2.13. The van der Waals surface area contributed by atoms with E-state index < -0.39 is 5.91 Å². The van der Waals surface area contributed by atoms with E-state index in [9.17, 15) is 10.1 Å². The molecule has 2 heterocycles. The fourth-order valence-electron chi connectivity index (χ4n) is 1.96. The SMILES string of the molecule is CCc1nnc(NC(=O)/C(C#N)=C/c2cc3c(cc2Br)OCO3)s1. The Balaban J connectivity index is 1.84. The second-order valence-electron chi connectivity index (χ2n) is 4.71. The van der Waals surface area contributed by atoms with Crippen LogP contribution in [0, 0.1) is 11.3 Å². The maximum Gasteiger partial charge on any atom is 0.268 e. The summed E-state index contributed by atoms with van der Waals surface area (Å²) in [5.41, 5.74) is 0.584. The van der Waals surface area contributed by atoms with Crippen LogP contribution in [0.25, 0.3) is 6.08 Å². The van der Waals surface area contributed by atoms with E-state index >= 15 is 0 Å². The smallest absolute Gasteiger partial charge is 0.268 e. The Morgan fingerprint density at radius 1 is 1.46 bits per heavy atom. The Kier molecular flexibility index (Phi) is 4.78. The number of amides is 1. The number of hydrogen-bond donors (Lipinski definition) is 1. The molecular weight excluding hydrogens is 396 g/mol. The van der Waals surface area contributed by atoms with Crippen LogP contribution in [0.3, 0.4) is 0 Å². The van der Waals surface area contributed by atoms with Crippen molar-refractivity contribution < 1.29 is 14.3 Å². The van der Waals surface area contributed by atoms with Gasteiger partial charge in [0.25, 0.3) is 5.91 Å². The van der Waals surface area contributed by atoms with Crippen molar-refractivity contribution in [1.29, 1.82) is 5.26 Å². The lowest BCUT2D eigenvalue weighted by Gasteiger charge is -2.03. The van der Waals surface area contributed by atoms with Gasteiger partial charge in [0.2, 0.25) is 11.9 Å². The van der Waals surface area contributed by atoms with Crippen molar-refractivity contribution in [1.82, 2.24) is 10.2 Å². The Hall–Kier alpha value is -2.44. The van der Waals surface area contributed by atoms with Crippen LogP contribution >= 0.6 is 27.3 Å². The number of halogens is 1. The van der Waals surface area contributed by atoms with Crippen molar-refractivity contribution >= 4 is 44.4 Å². The normalized spacial score (nSPS) is 12.8. The van der Waals surface area contributed by atoms with Gasteiger partial charge in [-0.15, -0.1) is 10.2 Å². The van der Waals surface area contributed by atoms with Crippen LogP contribution in [0.1, 0.15) is 17.5 Å². The van der Waals surface area contributed by atoms with Gasteiger partial charge in [-0.25, -0.2) is 0 Å². The second kappa shape index (κ2) is 6.98. The molecule has 7 nitrogen and oxygen atoms in total. The Morgan fingerprint density at radius 2 is 2.21 bits per heavy atom. The topological polar surface area (TPSA) is 97.1 Å². The molecule has 0 bridgehead atoms. The number of carbonyl (C=O) groups is 1. The van der Waals surface area contributed by atoms with Gasteiger partial charge in [-0.05, 0) is 30.2 Å². The number of nitrogens with one attached hydrogen (secondary N) is 1. The van der Waals surface area contributed by atoms with Crippen LogP contribution < -0.4 is 14.8 Å². The van der Waals surface area contributed by atoms with Crippen molar-refractivity contribution in [3.05, 3.63) is 32.7 Å². The molecule has 0 saturated heterocycles. The number of rotatable bonds is 4. The van der Waals surface area contributed by atoms with Crippen LogP contribution in [0.4, 0.5) is 5.13 Å². The summed E-state index contributed by atoms with van der Waals surface area (Å²) in [5, 5.41) is 20.8.